The summed E-state index contributed by atoms with van der Waals surface area (Å²) in [6, 6.07) is 11.5. The Hall–Kier alpha value is -2.34. The molecule has 0 saturated heterocycles. The molecule has 1 heterocycles. The van der Waals surface area contributed by atoms with Gasteiger partial charge in [-0.05, 0) is 62.2 Å². The summed E-state index contributed by atoms with van der Waals surface area (Å²) in [5.41, 5.74) is 1.02. The summed E-state index contributed by atoms with van der Waals surface area (Å²) in [6.45, 7) is 6.90. The molecule has 0 unspecified atom stereocenters. The fraction of sp³-hybridized carbons (Fsp3) is 0.423. The van der Waals surface area contributed by atoms with Gasteiger partial charge in [0.2, 0.25) is 10.0 Å². The Morgan fingerprint density at radius 2 is 1.68 bits per heavy atom. The van der Waals surface area contributed by atoms with Gasteiger partial charge >= 0.3 is 5.97 Å². The second-order valence-electron chi connectivity index (χ2n) is 8.44. The van der Waals surface area contributed by atoms with Gasteiger partial charge in [-0.2, -0.15) is 9.30 Å². The Balaban J connectivity index is 1.93. The summed E-state index contributed by atoms with van der Waals surface area (Å²) in [4.78, 5) is 30.0. The first-order chi connectivity index (χ1) is 17.7. The number of unbranched alkanes of at least 4 members (excludes halogenated alkanes) is 2. The lowest BCUT2D eigenvalue weighted by molar-refractivity contribution is -0.143. The first-order valence-electron chi connectivity index (χ1n) is 12.3. The van der Waals surface area contributed by atoms with Gasteiger partial charge in [-0.15, -0.1) is 0 Å². The minimum Gasteiger partial charge on any atom is -0.465 e. The summed E-state index contributed by atoms with van der Waals surface area (Å²) in [5.74, 6) is -0.953. The van der Waals surface area contributed by atoms with Crippen LogP contribution >= 0.6 is 27.3 Å². The summed E-state index contributed by atoms with van der Waals surface area (Å²) < 4.78 is 36.4. The topological polar surface area (TPSA) is 98.0 Å². The van der Waals surface area contributed by atoms with Crippen molar-refractivity contribution >= 4 is 59.4 Å². The van der Waals surface area contributed by atoms with Crippen molar-refractivity contribution in [2.75, 3.05) is 19.7 Å². The molecule has 200 valence electrons. The van der Waals surface area contributed by atoms with Crippen molar-refractivity contribution in [3.63, 3.8) is 0 Å². The van der Waals surface area contributed by atoms with Gasteiger partial charge in [0.05, 0.1) is 21.7 Å². The third-order valence-corrected chi connectivity index (χ3v) is 9.14. The van der Waals surface area contributed by atoms with Crippen LogP contribution in [0.15, 0.2) is 56.8 Å². The van der Waals surface area contributed by atoms with Crippen LogP contribution in [0.2, 0.25) is 0 Å². The van der Waals surface area contributed by atoms with E-state index in [1.165, 1.54) is 39.9 Å². The van der Waals surface area contributed by atoms with Crippen molar-refractivity contribution in [3.05, 3.63) is 57.3 Å². The molecule has 0 radical (unpaired) electrons. The predicted octanol–water partition coefficient (Wildman–Crippen LogP) is 5.36. The number of carbonyl (C=O) groups is 2. The molecular weight excluding hydrogens is 578 g/mol. The van der Waals surface area contributed by atoms with Crippen molar-refractivity contribution in [3.8, 4) is 0 Å². The molecular formula is C26H32BrN3O5S2. The number of nitrogens with zero attached hydrogens (tertiary/aromatic N) is 3. The van der Waals surface area contributed by atoms with Gasteiger partial charge in [-0.1, -0.05) is 54.0 Å². The lowest BCUT2D eigenvalue weighted by Gasteiger charge is -2.22. The van der Waals surface area contributed by atoms with E-state index in [1.807, 2.05) is 32.0 Å². The summed E-state index contributed by atoms with van der Waals surface area (Å²) >= 11 is 4.73. The van der Waals surface area contributed by atoms with E-state index >= 15 is 0 Å². The van der Waals surface area contributed by atoms with Crippen LogP contribution in [0.5, 0.6) is 0 Å². The van der Waals surface area contributed by atoms with Crippen LogP contribution in [-0.2, 0) is 26.1 Å². The van der Waals surface area contributed by atoms with E-state index in [0.717, 1.165) is 40.4 Å². The average Bonchev–Trinajstić information content (AvgIpc) is 3.19. The minimum absolute atomic E-state index is 0.0792. The van der Waals surface area contributed by atoms with Gasteiger partial charge in [0.15, 0.2) is 4.80 Å². The molecule has 0 spiro atoms. The quantitative estimate of drug-likeness (QED) is 0.257. The number of hydrogen-bond donors (Lipinski definition) is 0. The standard InChI is InChI=1S/C26H32BrN3O5S2/c1-4-7-15-29(16-8-5-2)37(33,34)21-12-9-19(10-13-21)25(32)28-26-30(18-24(31)35-6-3)22-14-11-20(27)17-23(22)36-26/h9-14,17H,4-8,15-16,18H2,1-3H3. The zero-order valence-electron chi connectivity index (χ0n) is 21.3. The molecule has 0 fully saturated rings. The second-order valence-corrected chi connectivity index (χ2v) is 12.3. The number of halogens is 1. The number of aromatic nitrogens is 1. The third-order valence-electron chi connectivity index (χ3n) is 5.70. The number of carbonyl (C=O) groups excluding carboxylic acids is 2. The van der Waals surface area contributed by atoms with Crippen molar-refractivity contribution in [1.82, 2.24) is 8.87 Å². The maximum atomic E-state index is 13.2. The first kappa shape index (κ1) is 29.2. The number of rotatable bonds is 12. The molecule has 3 rings (SSSR count). The van der Waals surface area contributed by atoms with Gasteiger partial charge < -0.3 is 9.30 Å². The Morgan fingerprint density at radius 1 is 1.03 bits per heavy atom. The van der Waals surface area contributed by atoms with E-state index in [1.54, 1.807) is 11.5 Å². The largest absolute Gasteiger partial charge is 0.465 e. The predicted molar refractivity (Wildman–Crippen MR) is 149 cm³/mol. The smallest absolute Gasteiger partial charge is 0.326 e. The van der Waals surface area contributed by atoms with Crippen LogP contribution in [0.1, 0.15) is 56.8 Å². The maximum absolute atomic E-state index is 13.2. The molecule has 37 heavy (non-hydrogen) atoms. The van der Waals surface area contributed by atoms with Crippen molar-refractivity contribution in [2.45, 2.75) is 57.9 Å². The van der Waals surface area contributed by atoms with E-state index in [-0.39, 0.29) is 23.6 Å². The van der Waals surface area contributed by atoms with Gasteiger partial charge in [0, 0.05) is 23.1 Å². The lowest BCUT2D eigenvalue weighted by atomic mass is 10.2. The molecule has 2 aromatic carbocycles. The SMILES string of the molecule is CCCCN(CCCC)S(=O)(=O)c1ccc(C(=O)N=c2sc3cc(Br)ccc3n2CC(=O)OCC)cc1. The summed E-state index contributed by atoms with van der Waals surface area (Å²) in [7, 11) is -3.66. The van der Waals surface area contributed by atoms with Gasteiger partial charge in [0.25, 0.3) is 5.91 Å². The molecule has 0 atom stereocenters. The molecule has 8 nitrogen and oxygen atoms in total. The van der Waals surface area contributed by atoms with Crippen LogP contribution in [0.25, 0.3) is 10.2 Å². The van der Waals surface area contributed by atoms with Crippen LogP contribution in [0.3, 0.4) is 0 Å². The number of esters is 1. The van der Waals surface area contributed by atoms with Gasteiger partial charge in [-0.25, -0.2) is 8.42 Å². The monoisotopic (exact) mass is 609 g/mol. The zero-order valence-corrected chi connectivity index (χ0v) is 24.5. The maximum Gasteiger partial charge on any atom is 0.326 e. The highest BCUT2D eigenvalue weighted by Crippen LogP contribution is 2.23. The highest BCUT2D eigenvalue weighted by Gasteiger charge is 2.24. The fourth-order valence-corrected chi connectivity index (χ4v) is 6.81. The number of fused-ring (bicyclic) bond motifs is 1. The zero-order chi connectivity index (χ0) is 27.0. The molecule has 0 aliphatic rings. The van der Waals surface area contributed by atoms with Gasteiger partial charge in [0.1, 0.15) is 6.54 Å². The fourth-order valence-electron chi connectivity index (χ4n) is 3.71. The summed E-state index contributed by atoms with van der Waals surface area (Å²) in [6.07, 6.45) is 3.38. The number of amides is 1. The number of thiazole rings is 1. The van der Waals surface area contributed by atoms with E-state index < -0.39 is 21.9 Å². The van der Waals surface area contributed by atoms with Crippen LogP contribution in [0.4, 0.5) is 0 Å². The van der Waals surface area contributed by atoms with Crippen molar-refractivity contribution in [2.24, 2.45) is 4.99 Å². The van der Waals surface area contributed by atoms with Crippen LogP contribution < -0.4 is 4.80 Å². The lowest BCUT2D eigenvalue weighted by Crippen LogP contribution is -2.33. The Morgan fingerprint density at radius 3 is 2.27 bits per heavy atom. The second kappa shape index (κ2) is 13.5. The Bertz CT molecular complexity index is 1400. The molecule has 0 saturated carbocycles. The van der Waals surface area contributed by atoms with E-state index in [0.29, 0.717) is 17.9 Å². The Kier molecular flexibility index (Phi) is 10.6. The molecule has 1 amide bonds. The number of sulfonamides is 1. The molecule has 3 aromatic rings. The van der Waals surface area contributed by atoms with Crippen molar-refractivity contribution in [1.29, 1.82) is 0 Å². The molecule has 0 aliphatic heterocycles. The Labute approximate surface area is 230 Å². The van der Waals surface area contributed by atoms with E-state index in [4.69, 9.17) is 4.74 Å². The first-order valence-corrected chi connectivity index (χ1v) is 15.4. The number of hydrogen-bond acceptors (Lipinski definition) is 6. The average molecular weight is 611 g/mol. The van der Waals surface area contributed by atoms with Crippen molar-refractivity contribution < 1.29 is 22.7 Å². The number of ether oxygens (including phenoxy) is 1. The minimum atomic E-state index is -3.66. The molecule has 0 aliphatic carbocycles. The summed E-state index contributed by atoms with van der Waals surface area (Å²) in [5, 5.41) is 0. The van der Waals surface area contributed by atoms with E-state index in [9.17, 15) is 18.0 Å². The molecule has 0 N–H and O–H groups in total. The normalized spacial score (nSPS) is 12.4. The third kappa shape index (κ3) is 7.37. The highest BCUT2D eigenvalue weighted by atomic mass is 79.9. The molecule has 1 aromatic heterocycles. The van der Waals surface area contributed by atoms with Crippen LogP contribution in [-0.4, -0.2) is 48.9 Å². The molecule has 11 heteroatoms. The number of benzene rings is 2. The van der Waals surface area contributed by atoms with Gasteiger partial charge in [-0.3, -0.25) is 9.59 Å². The van der Waals surface area contributed by atoms with E-state index in [2.05, 4.69) is 20.9 Å². The van der Waals surface area contributed by atoms with Crippen LogP contribution in [0, 0.1) is 0 Å². The molecule has 0 bridgehead atoms. The highest BCUT2D eigenvalue weighted by molar-refractivity contribution is 9.10.